The Morgan fingerprint density at radius 2 is 1.70 bits per heavy atom. The van der Waals surface area contributed by atoms with Crippen LogP contribution in [0.3, 0.4) is 0 Å². The summed E-state index contributed by atoms with van der Waals surface area (Å²) in [4.78, 5) is 18.9. The van der Waals surface area contributed by atoms with Crippen molar-refractivity contribution in [2.45, 2.75) is 47.1 Å². The fourth-order valence-electron chi connectivity index (χ4n) is 5.05. The SMILES string of the molecule is CCOc1cc(C)c(-c2nc3ccccc3c(=O)n2N=Cc2cc(I)c(OCc3ccc(Cl)cc3Cl)c(OCC)c2)cc1C(C)C. The minimum absolute atomic E-state index is 0.195. The molecule has 0 radical (unpaired) electrons. The second-order valence-corrected chi connectivity index (χ2v) is 12.9. The number of halogens is 3. The second kappa shape index (κ2) is 14.9. The molecule has 0 N–H and O–H groups in total. The summed E-state index contributed by atoms with van der Waals surface area (Å²) in [5.74, 6) is 2.61. The summed E-state index contributed by atoms with van der Waals surface area (Å²) in [5, 5.41) is 6.28. The van der Waals surface area contributed by atoms with Gasteiger partial charge < -0.3 is 14.2 Å². The third kappa shape index (κ3) is 7.35. The molecule has 1 heterocycles. The molecule has 5 rings (SSSR count). The van der Waals surface area contributed by atoms with Gasteiger partial charge in [0.2, 0.25) is 0 Å². The Morgan fingerprint density at radius 3 is 2.41 bits per heavy atom. The van der Waals surface area contributed by atoms with Gasteiger partial charge in [0.25, 0.3) is 5.56 Å². The Bertz CT molecular complexity index is 1990. The Balaban J connectivity index is 1.59. The molecule has 0 saturated carbocycles. The minimum atomic E-state index is -0.268. The van der Waals surface area contributed by atoms with Crippen LogP contribution < -0.4 is 19.8 Å². The van der Waals surface area contributed by atoms with E-state index in [0.29, 0.717) is 51.5 Å². The van der Waals surface area contributed by atoms with Crippen molar-refractivity contribution < 1.29 is 14.2 Å². The summed E-state index contributed by atoms with van der Waals surface area (Å²) < 4.78 is 20.3. The van der Waals surface area contributed by atoms with Gasteiger partial charge in [-0.3, -0.25) is 4.79 Å². The molecule has 238 valence electrons. The summed E-state index contributed by atoms with van der Waals surface area (Å²) in [7, 11) is 0. The largest absolute Gasteiger partial charge is 0.494 e. The third-order valence-electron chi connectivity index (χ3n) is 7.31. The standard InChI is InChI=1S/C36H34Cl2IN3O4/c1-6-44-32-14-22(5)28(18-27(32)21(3)4)35-41-31-11-9-8-10-26(31)36(43)42(35)40-19-23-15-30(39)34(33(16-23)45-7-2)46-20-24-12-13-25(37)17-29(24)38/h8-19,21H,6-7,20H2,1-5H3. The zero-order chi connectivity index (χ0) is 33.0. The van der Waals surface area contributed by atoms with Gasteiger partial charge in [0.1, 0.15) is 12.4 Å². The lowest BCUT2D eigenvalue weighted by Crippen LogP contribution is -2.21. The Hall–Kier alpha value is -3.60. The van der Waals surface area contributed by atoms with Crippen LogP contribution in [0.25, 0.3) is 22.3 Å². The molecule has 0 bridgehead atoms. The number of fused-ring (bicyclic) bond motifs is 1. The number of para-hydroxylation sites is 1. The molecule has 1 aromatic heterocycles. The lowest BCUT2D eigenvalue weighted by Gasteiger charge is -2.18. The first-order valence-corrected chi connectivity index (χ1v) is 16.8. The highest BCUT2D eigenvalue weighted by Gasteiger charge is 2.19. The van der Waals surface area contributed by atoms with Crippen LogP contribution >= 0.6 is 45.8 Å². The maximum atomic E-state index is 13.9. The van der Waals surface area contributed by atoms with E-state index in [1.54, 1.807) is 24.4 Å². The van der Waals surface area contributed by atoms with E-state index in [-0.39, 0.29) is 18.1 Å². The zero-order valence-corrected chi connectivity index (χ0v) is 29.9. The number of hydrogen-bond donors (Lipinski definition) is 0. The van der Waals surface area contributed by atoms with Gasteiger partial charge in [0.15, 0.2) is 17.3 Å². The highest BCUT2D eigenvalue weighted by molar-refractivity contribution is 14.1. The molecule has 5 aromatic rings. The van der Waals surface area contributed by atoms with E-state index in [1.165, 1.54) is 4.68 Å². The van der Waals surface area contributed by atoms with Gasteiger partial charge >= 0.3 is 0 Å². The number of ether oxygens (including phenoxy) is 3. The first kappa shape index (κ1) is 33.8. The predicted molar refractivity (Wildman–Crippen MR) is 196 cm³/mol. The minimum Gasteiger partial charge on any atom is -0.494 e. The molecule has 7 nitrogen and oxygen atoms in total. The zero-order valence-electron chi connectivity index (χ0n) is 26.2. The van der Waals surface area contributed by atoms with Crippen LogP contribution in [0.2, 0.25) is 10.0 Å². The molecule has 0 saturated heterocycles. The number of hydrogen-bond acceptors (Lipinski definition) is 6. The predicted octanol–water partition coefficient (Wildman–Crippen LogP) is 9.67. The number of nitrogens with zero attached hydrogens (tertiary/aromatic N) is 3. The fraction of sp³-hybridized carbons (Fsp3) is 0.250. The van der Waals surface area contributed by atoms with Crippen LogP contribution in [0.4, 0.5) is 0 Å². The number of aromatic nitrogens is 2. The molecule has 46 heavy (non-hydrogen) atoms. The maximum absolute atomic E-state index is 13.9. The number of aryl methyl sites for hydroxylation is 1. The lowest BCUT2D eigenvalue weighted by atomic mass is 9.96. The monoisotopic (exact) mass is 769 g/mol. The molecule has 0 atom stereocenters. The van der Waals surface area contributed by atoms with Crippen molar-refractivity contribution in [3.8, 4) is 28.6 Å². The van der Waals surface area contributed by atoms with Crippen molar-refractivity contribution in [2.24, 2.45) is 5.10 Å². The van der Waals surface area contributed by atoms with Crippen LogP contribution in [0.15, 0.2) is 76.6 Å². The van der Waals surface area contributed by atoms with Crippen molar-refractivity contribution in [3.63, 3.8) is 0 Å². The molecular formula is C36H34Cl2IN3O4. The molecular weight excluding hydrogens is 736 g/mol. The molecule has 4 aromatic carbocycles. The van der Waals surface area contributed by atoms with E-state index < -0.39 is 0 Å². The van der Waals surface area contributed by atoms with Gasteiger partial charge in [-0.25, -0.2) is 4.98 Å². The molecule has 0 amide bonds. The van der Waals surface area contributed by atoms with E-state index in [9.17, 15) is 4.79 Å². The highest BCUT2D eigenvalue weighted by Crippen LogP contribution is 2.36. The van der Waals surface area contributed by atoms with Crippen molar-refractivity contribution in [2.75, 3.05) is 13.2 Å². The van der Waals surface area contributed by atoms with Crippen LogP contribution in [0.5, 0.6) is 17.2 Å². The summed E-state index contributed by atoms with van der Waals surface area (Å²) >= 11 is 14.6. The van der Waals surface area contributed by atoms with E-state index in [0.717, 1.165) is 37.1 Å². The van der Waals surface area contributed by atoms with Gasteiger partial charge in [-0.15, -0.1) is 0 Å². The lowest BCUT2D eigenvalue weighted by molar-refractivity contribution is 0.267. The van der Waals surface area contributed by atoms with Crippen LogP contribution in [0, 0.1) is 10.5 Å². The van der Waals surface area contributed by atoms with Gasteiger partial charge in [0, 0.05) is 21.2 Å². The fourth-order valence-corrected chi connectivity index (χ4v) is 6.30. The molecule has 0 aliphatic rings. The molecule has 0 unspecified atom stereocenters. The van der Waals surface area contributed by atoms with Crippen LogP contribution in [-0.4, -0.2) is 29.1 Å². The first-order chi connectivity index (χ1) is 22.1. The quantitative estimate of drug-likeness (QED) is 0.0989. The number of rotatable bonds is 11. The van der Waals surface area contributed by atoms with E-state index >= 15 is 0 Å². The van der Waals surface area contributed by atoms with Gasteiger partial charge in [-0.2, -0.15) is 9.78 Å². The average Bonchev–Trinajstić information content (AvgIpc) is 3.01. The Labute approximate surface area is 292 Å². The summed E-state index contributed by atoms with van der Waals surface area (Å²) in [6.45, 7) is 11.3. The van der Waals surface area contributed by atoms with Crippen molar-refractivity contribution in [1.29, 1.82) is 0 Å². The van der Waals surface area contributed by atoms with Gasteiger partial charge in [-0.1, -0.05) is 55.2 Å². The Kier molecular flexibility index (Phi) is 10.9. The molecule has 0 spiro atoms. The second-order valence-electron chi connectivity index (χ2n) is 10.9. The van der Waals surface area contributed by atoms with Crippen LogP contribution in [-0.2, 0) is 6.61 Å². The molecule has 0 aliphatic heterocycles. The van der Waals surface area contributed by atoms with Crippen molar-refractivity contribution >= 4 is 62.9 Å². The smallest absolute Gasteiger partial charge is 0.282 e. The first-order valence-electron chi connectivity index (χ1n) is 15.0. The topological polar surface area (TPSA) is 74.9 Å². The normalized spacial score (nSPS) is 11.5. The third-order valence-corrected chi connectivity index (χ3v) is 8.70. The van der Waals surface area contributed by atoms with E-state index in [2.05, 4.69) is 42.5 Å². The number of benzene rings is 4. The van der Waals surface area contributed by atoms with Crippen molar-refractivity contribution in [3.05, 3.63) is 113 Å². The molecule has 10 heteroatoms. The van der Waals surface area contributed by atoms with Crippen molar-refractivity contribution in [1.82, 2.24) is 9.66 Å². The molecule has 0 fully saturated rings. The Morgan fingerprint density at radius 1 is 0.957 bits per heavy atom. The van der Waals surface area contributed by atoms with E-state index in [1.807, 2.05) is 63.2 Å². The highest BCUT2D eigenvalue weighted by atomic mass is 127. The molecule has 0 aliphatic carbocycles. The van der Waals surface area contributed by atoms with Gasteiger partial charge in [-0.05, 0) is 115 Å². The summed E-state index contributed by atoms with van der Waals surface area (Å²) in [5.41, 5.74) is 4.63. The maximum Gasteiger partial charge on any atom is 0.282 e. The van der Waals surface area contributed by atoms with Crippen LogP contribution in [0.1, 0.15) is 55.9 Å². The van der Waals surface area contributed by atoms with Gasteiger partial charge in [0.05, 0.1) is 33.9 Å². The van der Waals surface area contributed by atoms with E-state index in [4.69, 9.17) is 47.5 Å². The summed E-state index contributed by atoms with van der Waals surface area (Å²) in [6.07, 6.45) is 1.64. The summed E-state index contributed by atoms with van der Waals surface area (Å²) in [6, 6.07) is 20.4. The average molecular weight is 770 g/mol.